The van der Waals surface area contributed by atoms with Crippen LogP contribution >= 0.6 is 0 Å². The quantitative estimate of drug-likeness (QED) is 0.734. The summed E-state index contributed by atoms with van der Waals surface area (Å²) in [7, 11) is -2.75. The summed E-state index contributed by atoms with van der Waals surface area (Å²) < 4.78 is 23.1. The van der Waals surface area contributed by atoms with Crippen molar-refractivity contribution < 1.29 is 8.42 Å². The minimum atomic E-state index is -2.75. The van der Waals surface area contributed by atoms with Crippen molar-refractivity contribution in [1.29, 1.82) is 0 Å². The topological polar surface area (TPSA) is 46.2 Å². The van der Waals surface area contributed by atoms with Crippen molar-refractivity contribution in [2.45, 2.75) is 43.4 Å². The third-order valence-corrected chi connectivity index (χ3v) is 5.20. The van der Waals surface area contributed by atoms with Gasteiger partial charge in [-0.05, 0) is 25.7 Å². The summed E-state index contributed by atoms with van der Waals surface area (Å²) in [6, 6.07) is 0.622. The molecule has 0 aromatic carbocycles. The number of sulfone groups is 1. The van der Waals surface area contributed by atoms with Crippen LogP contribution in [0.5, 0.6) is 0 Å². The van der Waals surface area contributed by atoms with Crippen molar-refractivity contribution in [3.63, 3.8) is 0 Å². The number of rotatable bonds is 3. The molecular weight excluding hydrogens is 186 g/mol. The Morgan fingerprint density at radius 3 is 2.54 bits per heavy atom. The number of hydrogen-bond donors (Lipinski definition) is 1. The molecular formula is C9H17NO2S. The van der Waals surface area contributed by atoms with Gasteiger partial charge >= 0.3 is 0 Å². The Morgan fingerprint density at radius 1 is 1.15 bits per heavy atom. The molecule has 2 aliphatic rings. The lowest BCUT2D eigenvalue weighted by Gasteiger charge is -2.22. The summed E-state index contributed by atoms with van der Waals surface area (Å²) in [6.45, 7) is 0.688. The summed E-state index contributed by atoms with van der Waals surface area (Å²) in [6.07, 6.45) is 5.26. The van der Waals surface area contributed by atoms with Gasteiger partial charge in [0.2, 0.25) is 0 Å². The van der Waals surface area contributed by atoms with Gasteiger partial charge in [-0.3, -0.25) is 0 Å². The van der Waals surface area contributed by atoms with Crippen molar-refractivity contribution in [3.8, 4) is 0 Å². The van der Waals surface area contributed by atoms with Gasteiger partial charge in [0.15, 0.2) is 9.84 Å². The maximum Gasteiger partial charge on any atom is 0.154 e. The average Bonchev–Trinajstić information content (AvgIpc) is 2.85. The summed E-state index contributed by atoms with van der Waals surface area (Å²) in [5.74, 6) is 0.407. The Hall–Kier alpha value is -0.0900. The van der Waals surface area contributed by atoms with E-state index in [1.165, 1.54) is 12.8 Å². The minimum Gasteiger partial charge on any atom is -0.313 e. The Bertz CT molecular complexity index is 269. The summed E-state index contributed by atoms with van der Waals surface area (Å²) in [5, 5.41) is 3.21. The summed E-state index contributed by atoms with van der Waals surface area (Å²) in [4.78, 5) is 0. The molecule has 4 heteroatoms. The second kappa shape index (κ2) is 3.58. The van der Waals surface area contributed by atoms with Crippen LogP contribution in [0.25, 0.3) is 0 Å². The normalized spacial score (nSPS) is 33.1. The average molecular weight is 203 g/mol. The van der Waals surface area contributed by atoms with Crippen LogP contribution < -0.4 is 5.32 Å². The lowest BCUT2D eigenvalue weighted by atomic mass is 10.2. The van der Waals surface area contributed by atoms with E-state index in [4.69, 9.17) is 0 Å². The van der Waals surface area contributed by atoms with Crippen LogP contribution in [0.4, 0.5) is 0 Å². The third kappa shape index (κ3) is 2.44. The van der Waals surface area contributed by atoms with Gasteiger partial charge in [0.25, 0.3) is 0 Å². The van der Waals surface area contributed by atoms with Crippen LogP contribution in [0.1, 0.15) is 32.1 Å². The monoisotopic (exact) mass is 203 g/mol. The van der Waals surface area contributed by atoms with Crippen LogP contribution in [0.2, 0.25) is 0 Å². The van der Waals surface area contributed by atoms with E-state index in [0.29, 0.717) is 18.3 Å². The maximum absolute atomic E-state index is 11.6. The smallest absolute Gasteiger partial charge is 0.154 e. The Morgan fingerprint density at radius 2 is 1.92 bits per heavy atom. The first kappa shape index (κ1) is 9.46. The minimum absolute atomic E-state index is 0.0955. The van der Waals surface area contributed by atoms with Gasteiger partial charge < -0.3 is 5.32 Å². The Labute approximate surface area is 79.8 Å². The molecule has 76 valence electrons. The molecule has 0 aromatic heterocycles. The zero-order valence-electron chi connectivity index (χ0n) is 7.83. The van der Waals surface area contributed by atoms with Crippen LogP contribution in [0, 0.1) is 0 Å². The van der Waals surface area contributed by atoms with Gasteiger partial charge in [-0.1, -0.05) is 6.42 Å². The Balaban J connectivity index is 1.87. The van der Waals surface area contributed by atoms with Gasteiger partial charge in [-0.25, -0.2) is 8.42 Å². The molecule has 0 bridgehead atoms. The molecule has 0 aromatic rings. The van der Waals surface area contributed by atoms with Gasteiger partial charge in [0, 0.05) is 12.6 Å². The van der Waals surface area contributed by atoms with E-state index in [1.54, 1.807) is 0 Å². The second-order valence-corrected chi connectivity index (χ2v) is 6.57. The van der Waals surface area contributed by atoms with E-state index in [2.05, 4.69) is 5.32 Å². The highest BCUT2D eigenvalue weighted by Crippen LogP contribution is 2.22. The fourth-order valence-corrected chi connectivity index (χ4v) is 3.65. The molecule has 1 atom stereocenters. The third-order valence-electron chi connectivity index (χ3n) is 2.92. The van der Waals surface area contributed by atoms with Crippen LogP contribution in [-0.2, 0) is 9.84 Å². The standard InChI is InChI=1S/C9H17NO2S/c11-13(12)6-2-1-3-9(13)7-10-8-4-5-8/h8-10H,1-7H2. The maximum atomic E-state index is 11.6. The summed E-state index contributed by atoms with van der Waals surface area (Å²) in [5.41, 5.74) is 0. The molecule has 1 saturated heterocycles. The first-order valence-electron chi connectivity index (χ1n) is 5.13. The molecule has 1 aliphatic heterocycles. The molecule has 1 unspecified atom stereocenters. The molecule has 2 rings (SSSR count). The molecule has 1 heterocycles. The second-order valence-electron chi connectivity index (χ2n) is 4.17. The molecule has 0 radical (unpaired) electrons. The molecule has 1 saturated carbocycles. The van der Waals surface area contributed by atoms with Gasteiger partial charge in [0.1, 0.15) is 0 Å². The van der Waals surface area contributed by atoms with E-state index in [0.717, 1.165) is 19.3 Å². The predicted molar refractivity (Wildman–Crippen MR) is 52.5 cm³/mol. The van der Waals surface area contributed by atoms with Crippen LogP contribution in [0.15, 0.2) is 0 Å². The molecule has 1 N–H and O–H groups in total. The van der Waals surface area contributed by atoms with Gasteiger partial charge in [-0.2, -0.15) is 0 Å². The van der Waals surface area contributed by atoms with E-state index in [-0.39, 0.29) is 5.25 Å². The van der Waals surface area contributed by atoms with Crippen LogP contribution in [-0.4, -0.2) is 32.0 Å². The first-order chi connectivity index (χ1) is 6.18. The molecule has 0 spiro atoms. The molecule has 1 aliphatic carbocycles. The highest BCUT2D eigenvalue weighted by Gasteiger charge is 2.30. The van der Waals surface area contributed by atoms with Gasteiger partial charge in [-0.15, -0.1) is 0 Å². The summed E-state index contributed by atoms with van der Waals surface area (Å²) >= 11 is 0. The van der Waals surface area contributed by atoms with Gasteiger partial charge in [0.05, 0.1) is 11.0 Å². The lowest BCUT2D eigenvalue weighted by Crippen LogP contribution is -2.38. The fourth-order valence-electron chi connectivity index (χ4n) is 1.84. The van der Waals surface area contributed by atoms with Crippen LogP contribution in [0.3, 0.4) is 0 Å². The zero-order valence-corrected chi connectivity index (χ0v) is 8.65. The van der Waals surface area contributed by atoms with E-state index in [1.807, 2.05) is 0 Å². The first-order valence-corrected chi connectivity index (χ1v) is 6.85. The largest absolute Gasteiger partial charge is 0.313 e. The predicted octanol–water partition coefficient (Wildman–Crippen LogP) is 0.706. The van der Waals surface area contributed by atoms with E-state index >= 15 is 0 Å². The molecule has 3 nitrogen and oxygen atoms in total. The zero-order chi connectivity index (χ0) is 9.31. The lowest BCUT2D eigenvalue weighted by molar-refractivity contribution is 0.519. The van der Waals surface area contributed by atoms with E-state index in [9.17, 15) is 8.42 Å². The van der Waals surface area contributed by atoms with Crippen molar-refractivity contribution >= 4 is 9.84 Å². The SMILES string of the molecule is O=S1(=O)CCCCC1CNC1CC1. The van der Waals surface area contributed by atoms with Crippen molar-refractivity contribution in [1.82, 2.24) is 5.32 Å². The van der Waals surface area contributed by atoms with E-state index < -0.39 is 9.84 Å². The Kier molecular flexibility index (Phi) is 2.60. The number of hydrogen-bond acceptors (Lipinski definition) is 3. The number of nitrogens with one attached hydrogen (secondary N) is 1. The highest BCUT2D eigenvalue weighted by atomic mass is 32.2. The van der Waals surface area contributed by atoms with Crippen molar-refractivity contribution in [2.24, 2.45) is 0 Å². The molecule has 13 heavy (non-hydrogen) atoms. The highest BCUT2D eigenvalue weighted by molar-refractivity contribution is 7.92. The van der Waals surface area contributed by atoms with Crippen molar-refractivity contribution in [3.05, 3.63) is 0 Å². The molecule has 2 fully saturated rings. The van der Waals surface area contributed by atoms with Crippen molar-refractivity contribution in [2.75, 3.05) is 12.3 Å². The fraction of sp³-hybridized carbons (Fsp3) is 1.00. The molecule has 0 amide bonds.